The van der Waals surface area contributed by atoms with Crippen molar-refractivity contribution in [1.82, 2.24) is 0 Å². The molecule has 0 amide bonds. The van der Waals surface area contributed by atoms with Gasteiger partial charge in [0.2, 0.25) is 0 Å². The van der Waals surface area contributed by atoms with Crippen molar-refractivity contribution in [2.45, 2.75) is 104 Å². The van der Waals surface area contributed by atoms with Gasteiger partial charge in [-0.2, -0.15) is 35.4 Å². The van der Waals surface area contributed by atoms with Crippen LogP contribution in [0, 0.1) is 40.7 Å². The molecule has 1 atom stereocenters. The van der Waals surface area contributed by atoms with Gasteiger partial charge < -0.3 is 24.8 Å². The van der Waals surface area contributed by atoms with Crippen LogP contribution in [0.1, 0.15) is 120 Å². The summed E-state index contributed by atoms with van der Waals surface area (Å²) in [5.74, 6) is 3.18. The number of hydrogen-bond acceptors (Lipinski definition) is 0. The number of allylic oxidation sites excluding steroid dienone is 4. The van der Waals surface area contributed by atoms with Crippen LogP contribution < -0.4 is 24.8 Å². The summed E-state index contributed by atoms with van der Waals surface area (Å²) in [6.45, 7) is 16.1. The van der Waals surface area contributed by atoms with E-state index in [-0.39, 0.29) is 35.6 Å². The van der Waals surface area contributed by atoms with Gasteiger partial charge in [0, 0.05) is 0 Å². The Morgan fingerprint density at radius 2 is 1.19 bits per heavy atom. The molecular formula is C50H56Cl2Zr-2. The maximum atomic E-state index is 3.53. The molecule has 0 spiro atoms. The monoisotopic (exact) mass is 816 g/mol. The number of rotatable bonds is 3. The van der Waals surface area contributed by atoms with Crippen molar-refractivity contribution < 1.29 is 49.0 Å². The molecular weight excluding hydrogens is 763 g/mol. The van der Waals surface area contributed by atoms with Crippen LogP contribution in [0.2, 0.25) is 0 Å². The van der Waals surface area contributed by atoms with Crippen molar-refractivity contribution in [2.75, 3.05) is 0 Å². The molecule has 4 fully saturated rings. The summed E-state index contributed by atoms with van der Waals surface area (Å²) in [7, 11) is 0. The first-order valence-electron chi connectivity index (χ1n) is 19.4. The SMILES string of the molecule is CC(C)(C)c1c[c-]c2c(c1)-c1cc(C(C)(C)C)ccc1C2.CC1(C23CC4CC(CC(C4)C2)C3)C=[C-]C=C1.[Cl-].[Cl-].[Zr+2]=[C](c1ccccc1)c1ccccc1. The second-order valence-corrected chi connectivity index (χ2v) is 19.8. The molecule has 4 aromatic rings. The Morgan fingerprint density at radius 3 is 1.66 bits per heavy atom. The molecule has 0 aliphatic heterocycles. The van der Waals surface area contributed by atoms with Crippen LogP contribution in [0.15, 0.2) is 109 Å². The minimum atomic E-state index is 0. The topological polar surface area (TPSA) is 0 Å². The maximum absolute atomic E-state index is 3.53. The molecule has 53 heavy (non-hydrogen) atoms. The van der Waals surface area contributed by atoms with E-state index in [2.05, 4.69) is 170 Å². The van der Waals surface area contributed by atoms with Gasteiger partial charge in [-0.25, -0.2) is 12.2 Å². The van der Waals surface area contributed by atoms with Gasteiger partial charge in [0.15, 0.2) is 0 Å². The Labute approximate surface area is 348 Å². The molecule has 4 saturated carbocycles. The molecule has 0 aromatic heterocycles. The van der Waals surface area contributed by atoms with Gasteiger partial charge in [-0.3, -0.25) is 6.08 Å². The summed E-state index contributed by atoms with van der Waals surface area (Å²) in [5.41, 5.74) is 12.4. The average molecular weight is 819 g/mol. The fraction of sp³-hybridized carbons (Fsp3) is 0.420. The Hall–Kier alpha value is -2.31. The van der Waals surface area contributed by atoms with Crippen molar-refractivity contribution in [2.24, 2.45) is 28.6 Å². The molecule has 4 bridgehead atoms. The Balaban J connectivity index is 0.000000154. The third kappa shape index (κ3) is 8.90. The standard InChI is InChI=1S/C21H25.C16H21.C13H10.2ClH.Zr/c1-20(2,3)16-9-7-14-11-15-8-10-17(21(4,5)6)13-19(15)18(14)12-16;1-15(4-2-3-5-15)16-9-12-6-13(10-16)8-14(7-12)11-16;1-3-7-12(8-4-1)11-13-9-5-2-6-10-13;;;/h7,9-10,12-13H,11H2,1-6H3;2,4-5,12-14H,6-11H2,1H3;1-10H;2*1H;/q2*-1;;;;+2/p-2. The molecule has 1 unspecified atom stereocenters. The quantitative estimate of drug-likeness (QED) is 0.180. The molecule has 0 saturated heterocycles. The Kier molecular flexibility index (Phi) is 13.0. The second-order valence-electron chi connectivity index (χ2n) is 18.6. The number of hydrogen-bond donors (Lipinski definition) is 0. The summed E-state index contributed by atoms with van der Waals surface area (Å²) in [6.07, 6.45) is 20.4. The first-order valence-corrected chi connectivity index (χ1v) is 20.6. The first-order chi connectivity index (χ1) is 24.2. The van der Waals surface area contributed by atoms with Gasteiger partial charge in [-0.1, -0.05) is 88.6 Å². The normalized spacial score (nSPS) is 25.5. The van der Waals surface area contributed by atoms with Crippen LogP contribution in [0.25, 0.3) is 11.1 Å². The summed E-state index contributed by atoms with van der Waals surface area (Å²) in [6, 6.07) is 36.2. The zero-order valence-corrected chi connectivity index (χ0v) is 36.8. The summed E-state index contributed by atoms with van der Waals surface area (Å²) in [4.78, 5) is 0. The number of fused-ring (bicyclic) bond motifs is 3. The molecule has 4 aromatic carbocycles. The predicted octanol–water partition coefficient (Wildman–Crippen LogP) is 6.60. The molecule has 0 heterocycles. The van der Waals surface area contributed by atoms with Crippen LogP contribution >= 0.6 is 0 Å². The van der Waals surface area contributed by atoms with Crippen LogP contribution in [0.3, 0.4) is 0 Å². The number of benzene rings is 4. The molecule has 0 N–H and O–H groups in total. The van der Waals surface area contributed by atoms with Gasteiger partial charge in [0.25, 0.3) is 0 Å². The number of halogens is 2. The molecule has 3 heteroatoms. The predicted molar refractivity (Wildman–Crippen MR) is 213 cm³/mol. The molecule has 0 nitrogen and oxygen atoms in total. The van der Waals surface area contributed by atoms with Crippen molar-refractivity contribution in [3.05, 3.63) is 155 Å². The van der Waals surface area contributed by atoms with Gasteiger partial charge in [0.1, 0.15) is 0 Å². The van der Waals surface area contributed by atoms with Crippen molar-refractivity contribution >= 4 is 3.21 Å². The van der Waals surface area contributed by atoms with Crippen molar-refractivity contribution in [1.29, 1.82) is 0 Å². The van der Waals surface area contributed by atoms with E-state index in [0.29, 0.717) is 10.8 Å². The van der Waals surface area contributed by atoms with E-state index in [4.69, 9.17) is 0 Å². The summed E-state index contributed by atoms with van der Waals surface area (Å²) in [5, 5.41) is 0. The zero-order valence-electron chi connectivity index (χ0n) is 32.8. The first kappa shape index (κ1) is 41.8. The van der Waals surface area contributed by atoms with E-state index in [1.54, 1.807) is 19.3 Å². The Bertz CT molecular complexity index is 1790. The van der Waals surface area contributed by atoms with Crippen molar-refractivity contribution in [3.8, 4) is 11.1 Å². The Morgan fingerprint density at radius 1 is 0.679 bits per heavy atom. The minimum absolute atomic E-state index is 0. The molecule has 276 valence electrons. The molecule has 6 aliphatic carbocycles. The van der Waals surface area contributed by atoms with E-state index < -0.39 is 0 Å². The average Bonchev–Trinajstić information content (AvgIpc) is 3.72. The van der Waals surface area contributed by atoms with Crippen LogP contribution in [-0.4, -0.2) is 3.21 Å². The van der Waals surface area contributed by atoms with Gasteiger partial charge >= 0.3 is 99.2 Å². The van der Waals surface area contributed by atoms with E-state index in [0.717, 1.165) is 24.2 Å². The van der Waals surface area contributed by atoms with E-state index in [1.165, 1.54) is 91.2 Å². The van der Waals surface area contributed by atoms with Crippen LogP contribution in [0.5, 0.6) is 0 Å². The van der Waals surface area contributed by atoms with E-state index in [1.807, 2.05) is 0 Å². The van der Waals surface area contributed by atoms with E-state index >= 15 is 0 Å². The fourth-order valence-electron chi connectivity index (χ4n) is 9.95. The summed E-state index contributed by atoms with van der Waals surface area (Å²) < 4.78 is 1.42. The van der Waals surface area contributed by atoms with Gasteiger partial charge in [0.05, 0.1) is 0 Å². The van der Waals surface area contributed by atoms with Crippen LogP contribution in [-0.2, 0) is 41.5 Å². The molecule has 10 rings (SSSR count). The van der Waals surface area contributed by atoms with Crippen LogP contribution in [0.4, 0.5) is 0 Å². The van der Waals surface area contributed by atoms with Crippen molar-refractivity contribution in [3.63, 3.8) is 0 Å². The molecule has 6 aliphatic rings. The van der Waals surface area contributed by atoms with Gasteiger partial charge in [-0.15, -0.1) is 5.56 Å². The zero-order chi connectivity index (χ0) is 36.0. The van der Waals surface area contributed by atoms with E-state index in [9.17, 15) is 0 Å². The second kappa shape index (κ2) is 16.4. The third-order valence-electron chi connectivity index (χ3n) is 12.7. The third-order valence-corrected chi connectivity index (χ3v) is 14.2. The summed E-state index contributed by atoms with van der Waals surface area (Å²) >= 11 is 1.46. The fourth-order valence-corrected chi connectivity index (χ4v) is 10.8. The molecule has 0 radical (unpaired) electrons. The van der Waals surface area contributed by atoms with Gasteiger partial charge in [-0.05, 0) is 79.1 Å².